The number of carbonyl (C=O) groups is 1. The van der Waals surface area contributed by atoms with E-state index >= 15 is 0 Å². The molecule has 1 aliphatic rings. The van der Waals surface area contributed by atoms with Crippen molar-refractivity contribution in [1.29, 1.82) is 0 Å². The van der Waals surface area contributed by atoms with Crippen molar-refractivity contribution in [2.24, 2.45) is 0 Å². The van der Waals surface area contributed by atoms with E-state index in [0.29, 0.717) is 18.0 Å². The second-order valence-corrected chi connectivity index (χ2v) is 7.67. The first-order valence-corrected chi connectivity index (χ1v) is 9.33. The zero-order chi connectivity index (χ0) is 20.0. The summed E-state index contributed by atoms with van der Waals surface area (Å²) in [7, 11) is 3.20. The molecule has 6 nitrogen and oxygen atoms in total. The Morgan fingerprint density at radius 1 is 1.19 bits per heavy atom. The molecule has 1 amide bonds. The van der Waals surface area contributed by atoms with Crippen LogP contribution in [0.5, 0.6) is 11.5 Å². The van der Waals surface area contributed by atoms with Crippen molar-refractivity contribution in [3.63, 3.8) is 0 Å². The third-order valence-corrected chi connectivity index (χ3v) is 4.77. The van der Waals surface area contributed by atoms with Gasteiger partial charge in [0.2, 0.25) is 5.91 Å². The van der Waals surface area contributed by atoms with Crippen molar-refractivity contribution in [3.8, 4) is 11.5 Å². The van der Waals surface area contributed by atoms with Crippen molar-refractivity contribution in [3.05, 3.63) is 29.8 Å². The van der Waals surface area contributed by atoms with Gasteiger partial charge < -0.3 is 19.5 Å². The normalized spacial score (nSPS) is 21.3. The number of methoxy groups -OCH3 is 2. The lowest BCUT2D eigenvalue weighted by molar-refractivity contribution is -0.118. The maximum absolute atomic E-state index is 12.3. The Morgan fingerprint density at radius 2 is 1.74 bits per heavy atom. The van der Waals surface area contributed by atoms with Crippen LogP contribution in [0, 0.1) is 0 Å². The minimum absolute atomic E-state index is 0.126. The highest BCUT2D eigenvalue weighted by molar-refractivity contribution is 5.91. The first-order chi connectivity index (χ1) is 12.7. The smallest absolute Gasteiger partial charge is 0.244 e. The van der Waals surface area contributed by atoms with Crippen molar-refractivity contribution >= 4 is 12.0 Å². The van der Waals surface area contributed by atoms with Gasteiger partial charge in [0.25, 0.3) is 0 Å². The third kappa shape index (κ3) is 6.26. The Hall–Kier alpha value is -2.05. The van der Waals surface area contributed by atoms with Gasteiger partial charge in [-0.05, 0) is 51.5 Å². The second kappa shape index (κ2) is 9.24. The van der Waals surface area contributed by atoms with Gasteiger partial charge in [-0.1, -0.05) is 0 Å². The largest absolute Gasteiger partial charge is 0.497 e. The van der Waals surface area contributed by atoms with Crippen LogP contribution in [0.25, 0.3) is 6.08 Å². The molecule has 0 spiro atoms. The fourth-order valence-corrected chi connectivity index (χ4v) is 3.24. The summed E-state index contributed by atoms with van der Waals surface area (Å²) < 4.78 is 16.3. The lowest BCUT2D eigenvalue weighted by Gasteiger charge is -2.45. The molecule has 2 unspecified atom stereocenters. The Morgan fingerprint density at radius 3 is 2.26 bits per heavy atom. The Kier molecular flexibility index (Phi) is 7.27. The molecule has 1 aliphatic heterocycles. The molecule has 1 saturated heterocycles. The zero-order valence-corrected chi connectivity index (χ0v) is 17.2. The molecule has 0 saturated carbocycles. The molecule has 1 aromatic carbocycles. The van der Waals surface area contributed by atoms with Crippen LogP contribution in [0.1, 0.15) is 33.3 Å². The van der Waals surface area contributed by atoms with E-state index in [0.717, 1.165) is 18.7 Å². The topological polar surface area (TPSA) is 60.0 Å². The van der Waals surface area contributed by atoms with E-state index in [9.17, 15) is 4.79 Å². The number of hydrogen-bond acceptors (Lipinski definition) is 5. The van der Waals surface area contributed by atoms with Crippen molar-refractivity contribution < 1.29 is 19.0 Å². The lowest BCUT2D eigenvalue weighted by Crippen LogP contribution is -2.58. The van der Waals surface area contributed by atoms with Crippen LogP contribution in [-0.4, -0.2) is 62.4 Å². The van der Waals surface area contributed by atoms with Crippen LogP contribution in [-0.2, 0) is 9.53 Å². The Bertz CT molecular complexity index is 640. The SMILES string of the molecule is COc1cc(/C=C/C(=O)NCC(C)(C)N2CC(C)OC(C)C2)cc(OC)c1. The molecule has 2 rings (SSSR count). The van der Waals surface area contributed by atoms with Crippen LogP contribution in [0.4, 0.5) is 0 Å². The number of rotatable bonds is 7. The summed E-state index contributed by atoms with van der Waals surface area (Å²) in [6.07, 6.45) is 3.69. The molecule has 6 heteroatoms. The van der Waals surface area contributed by atoms with Gasteiger partial charge in [-0.3, -0.25) is 9.69 Å². The molecular formula is C21H32N2O4. The summed E-state index contributed by atoms with van der Waals surface area (Å²) in [5.41, 5.74) is 0.700. The molecule has 2 atom stereocenters. The van der Waals surface area contributed by atoms with Gasteiger partial charge in [0.15, 0.2) is 0 Å². The van der Waals surface area contributed by atoms with Gasteiger partial charge in [-0.2, -0.15) is 0 Å². The number of ether oxygens (including phenoxy) is 3. The van der Waals surface area contributed by atoms with Crippen molar-refractivity contribution in [2.75, 3.05) is 33.9 Å². The first kappa shape index (κ1) is 21.3. The molecule has 1 fully saturated rings. The van der Waals surface area contributed by atoms with E-state index in [1.165, 1.54) is 6.08 Å². The quantitative estimate of drug-likeness (QED) is 0.742. The fraction of sp³-hybridized carbons (Fsp3) is 0.571. The van der Waals surface area contributed by atoms with E-state index in [4.69, 9.17) is 14.2 Å². The average Bonchev–Trinajstić information content (AvgIpc) is 2.63. The van der Waals surface area contributed by atoms with Crippen molar-refractivity contribution in [2.45, 2.75) is 45.4 Å². The molecule has 0 aliphatic carbocycles. The maximum atomic E-state index is 12.3. The summed E-state index contributed by atoms with van der Waals surface area (Å²) >= 11 is 0. The standard InChI is InChI=1S/C21H32N2O4/c1-15-12-23(13-16(2)27-15)21(3,4)14-22-20(24)8-7-17-9-18(25-5)11-19(10-17)26-6/h7-11,15-16H,12-14H2,1-6H3,(H,22,24)/b8-7+. The van der Waals surface area contributed by atoms with E-state index in [-0.39, 0.29) is 23.7 Å². The van der Waals surface area contributed by atoms with Gasteiger partial charge in [-0.15, -0.1) is 0 Å². The van der Waals surface area contributed by atoms with Crippen LogP contribution in [0.3, 0.4) is 0 Å². The number of benzene rings is 1. The highest BCUT2D eigenvalue weighted by atomic mass is 16.5. The summed E-state index contributed by atoms with van der Waals surface area (Å²) in [6, 6.07) is 5.50. The van der Waals surface area contributed by atoms with Crippen LogP contribution < -0.4 is 14.8 Å². The minimum atomic E-state index is -0.144. The lowest BCUT2D eigenvalue weighted by atomic mass is 10.00. The molecular weight excluding hydrogens is 344 g/mol. The summed E-state index contributed by atoms with van der Waals surface area (Å²) in [4.78, 5) is 14.7. The first-order valence-electron chi connectivity index (χ1n) is 9.33. The second-order valence-electron chi connectivity index (χ2n) is 7.67. The van der Waals surface area contributed by atoms with Gasteiger partial charge in [0, 0.05) is 37.3 Å². The van der Waals surface area contributed by atoms with Crippen LogP contribution >= 0.6 is 0 Å². The predicted octanol–water partition coefficient (Wildman–Crippen LogP) is 2.72. The molecule has 1 aromatic rings. The van der Waals surface area contributed by atoms with E-state index in [1.807, 2.05) is 12.1 Å². The molecule has 0 radical (unpaired) electrons. The van der Waals surface area contributed by atoms with Crippen LogP contribution in [0.2, 0.25) is 0 Å². The summed E-state index contributed by atoms with van der Waals surface area (Å²) in [5.74, 6) is 1.25. The van der Waals surface area contributed by atoms with Crippen LogP contribution in [0.15, 0.2) is 24.3 Å². The molecule has 1 heterocycles. The number of nitrogens with one attached hydrogen (secondary N) is 1. The van der Waals surface area contributed by atoms with Gasteiger partial charge >= 0.3 is 0 Å². The zero-order valence-electron chi connectivity index (χ0n) is 17.2. The number of amides is 1. The predicted molar refractivity (Wildman–Crippen MR) is 107 cm³/mol. The number of morpholine rings is 1. The van der Waals surface area contributed by atoms with Crippen molar-refractivity contribution in [1.82, 2.24) is 10.2 Å². The summed E-state index contributed by atoms with van der Waals surface area (Å²) in [5, 5.41) is 3.01. The molecule has 0 bridgehead atoms. The van der Waals surface area contributed by atoms with E-state index in [1.54, 1.807) is 26.4 Å². The number of carbonyl (C=O) groups excluding carboxylic acids is 1. The summed E-state index contributed by atoms with van der Waals surface area (Å²) in [6.45, 7) is 10.8. The van der Waals surface area contributed by atoms with Gasteiger partial charge in [-0.25, -0.2) is 0 Å². The monoisotopic (exact) mass is 376 g/mol. The Balaban J connectivity index is 1.94. The van der Waals surface area contributed by atoms with Gasteiger partial charge in [0.05, 0.1) is 26.4 Å². The number of hydrogen-bond donors (Lipinski definition) is 1. The average molecular weight is 376 g/mol. The van der Waals surface area contributed by atoms with E-state index < -0.39 is 0 Å². The number of nitrogens with zero attached hydrogens (tertiary/aromatic N) is 1. The fourth-order valence-electron chi connectivity index (χ4n) is 3.24. The highest BCUT2D eigenvalue weighted by Crippen LogP contribution is 2.23. The molecule has 1 N–H and O–H groups in total. The third-order valence-electron chi connectivity index (χ3n) is 4.77. The minimum Gasteiger partial charge on any atom is -0.497 e. The molecule has 150 valence electrons. The molecule has 27 heavy (non-hydrogen) atoms. The Labute approximate surface area is 162 Å². The highest BCUT2D eigenvalue weighted by Gasteiger charge is 2.33. The van der Waals surface area contributed by atoms with E-state index in [2.05, 4.69) is 37.9 Å². The maximum Gasteiger partial charge on any atom is 0.244 e. The molecule has 0 aromatic heterocycles. The van der Waals surface area contributed by atoms with Gasteiger partial charge in [0.1, 0.15) is 11.5 Å².